The van der Waals surface area contributed by atoms with Crippen LogP contribution in [0.4, 0.5) is 0 Å². The van der Waals surface area contributed by atoms with Gasteiger partial charge in [0.15, 0.2) is 0 Å². The van der Waals surface area contributed by atoms with Crippen LogP contribution in [0.5, 0.6) is 0 Å². The summed E-state index contributed by atoms with van der Waals surface area (Å²) in [6.45, 7) is 0. The molecule has 0 unspecified atom stereocenters. The van der Waals surface area contributed by atoms with E-state index in [4.69, 9.17) is 10.2 Å². The molecule has 10 aromatic rings. The molecule has 0 aliphatic heterocycles. The van der Waals surface area contributed by atoms with Crippen molar-refractivity contribution in [3.63, 3.8) is 0 Å². The summed E-state index contributed by atoms with van der Waals surface area (Å²) >= 11 is 0. The Labute approximate surface area is 307 Å². The molecule has 0 aliphatic rings. The van der Waals surface area contributed by atoms with E-state index in [1.54, 1.807) is 11.0 Å². The molecule has 10 rings (SSSR count). The van der Waals surface area contributed by atoms with E-state index < -0.39 is 0 Å². The summed E-state index contributed by atoms with van der Waals surface area (Å²) in [5.41, 5.74) is 13.7. The van der Waals surface area contributed by atoms with Gasteiger partial charge in [-0.05, 0) is 121 Å². The summed E-state index contributed by atoms with van der Waals surface area (Å²) in [5, 5.41) is 15.2. The van der Waals surface area contributed by atoms with Crippen LogP contribution < -0.4 is 0 Å². The van der Waals surface area contributed by atoms with Gasteiger partial charge in [-0.3, -0.25) is 4.98 Å². The van der Waals surface area contributed by atoms with Gasteiger partial charge in [-0.15, -0.1) is 10.2 Å². The van der Waals surface area contributed by atoms with Gasteiger partial charge in [0.1, 0.15) is 11.0 Å². The molecule has 53 heavy (non-hydrogen) atoms. The molecule has 0 N–H and O–H groups in total. The fraction of sp³-hybridized carbons (Fsp3) is 0. The average Bonchev–Trinajstić information content (AvgIpc) is 3.68. The lowest BCUT2D eigenvalue weighted by atomic mass is 9.89. The monoisotopic (exact) mass is 676 g/mol. The van der Waals surface area contributed by atoms with Crippen LogP contribution in [-0.2, 0) is 0 Å². The Hall–Kier alpha value is -7.17. The van der Waals surface area contributed by atoms with E-state index in [2.05, 4.69) is 181 Å². The van der Waals surface area contributed by atoms with Crippen LogP contribution in [0.2, 0.25) is 0 Å². The number of pyridine rings is 1. The molecule has 2 aromatic heterocycles. The van der Waals surface area contributed by atoms with Crippen molar-refractivity contribution in [1.82, 2.24) is 20.0 Å². The highest BCUT2D eigenvalue weighted by atomic mass is 15.5. The fourth-order valence-electron chi connectivity index (χ4n) is 7.52. The van der Waals surface area contributed by atoms with E-state index in [0.717, 1.165) is 55.7 Å². The zero-order valence-electron chi connectivity index (χ0n) is 28.8. The summed E-state index contributed by atoms with van der Waals surface area (Å²) in [7, 11) is 0. The smallest absolute Gasteiger partial charge is 0.121 e. The molecule has 248 valence electrons. The van der Waals surface area contributed by atoms with E-state index in [-0.39, 0.29) is 0 Å². The predicted molar refractivity (Wildman–Crippen MR) is 219 cm³/mol. The van der Waals surface area contributed by atoms with Gasteiger partial charge in [0.05, 0.1) is 5.69 Å². The van der Waals surface area contributed by atoms with Crippen LogP contribution in [0.1, 0.15) is 0 Å². The van der Waals surface area contributed by atoms with Crippen molar-refractivity contribution >= 4 is 32.6 Å². The maximum absolute atomic E-state index is 5.26. The normalized spacial score (nSPS) is 11.4. The summed E-state index contributed by atoms with van der Waals surface area (Å²) in [6, 6.07) is 64.6. The standard InChI is InChI=1S/C49H32N4/c1-3-13-33(14-4-1)39-25-36-17-7-9-22-43(36)45(28-39)41-30-47(46-29-40(34-15-5-2-6-16-34)26-37-18-8-10-23-44(37)46)49-48(31-41)51-53(52-49)42-21-11-19-35(27-42)38-20-12-24-50-32-38/h1-32H. The maximum Gasteiger partial charge on any atom is 0.121 e. The van der Waals surface area contributed by atoms with Crippen molar-refractivity contribution in [3.05, 3.63) is 194 Å². The first kappa shape index (κ1) is 30.6. The number of benzene rings is 8. The van der Waals surface area contributed by atoms with Gasteiger partial charge in [0.25, 0.3) is 0 Å². The van der Waals surface area contributed by atoms with Crippen molar-refractivity contribution in [2.75, 3.05) is 0 Å². The number of rotatable bonds is 6. The maximum atomic E-state index is 5.26. The zero-order chi connectivity index (χ0) is 35.1. The Morgan fingerprint density at radius 3 is 1.62 bits per heavy atom. The van der Waals surface area contributed by atoms with Crippen molar-refractivity contribution in [2.24, 2.45) is 0 Å². The first-order valence-corrected chi connectivity index (χ1v) is 17.8. The van der Waals surface area contributed by atoms with Crippen LogP contribution in [-0.4, -0.2) is 20.0 Å². The van der Waals surface area contributed by atoms with E-state index in [1.807, 2.05) is 12.3 Å². The Bertz CT molecular complexity index is 2930. The second kappa shape index (κ2) is 12.9. The average molecular weight is 677 g/mol. The number of hydrogen-bond acceptors (Lipinski definition) is 3. The third-order valence-electron chi connectivity index (χ3n) is 10.1. The first-order chi connectivity index (χ1) is 26.2. The lowest BCUT2D eigenvalue weighted by Crippen LogP contribution is -1.98. The van der Waals surface area contributed by atoms with Crippen molar-refractivity contribution in [3.8, 4) is 61.3 Å². The van der Waals surface area contributed by atoms with Crippen LogP contribution in [0, 0.1) is 0 Å². The number of aromatic nitrogens is 4. The van der Waals surface area contributed by atoms with Crippen molar-refractivity contribution < 1.29 is 0 Å². The van der Waals surface area contributed by atoms with E-state index in [9.17, 15) is 0 Å². The fourth-order valence-corrected chi connectivity index (χ4v) is 7.52. The highest BCUT2D eigenvalue weighted by Gasteiger charge is 2.19. The van der Waals surface area contributed by atoms with E-state index in [1.165, 1.54) is 38.2 Å². The molecule has 0 atom stereocenters. The summed E-state index contributed by atoms with van der Waals surface area (Å²) < 4.78 is 0. The molecule has 4 nitrogen and oxygen atoms in total. The van der Waals surface area contributed by atoms with E-state index in [0.29, 0.717) is 0 Å². The third kappa shape index (κ3) is 5.63. The van der Waals surface area contributed by atoms with E-state index >= 15 is 0 Å². The SMILES string of the molecule is c1ccc(-c2cc(-c3cc(-c4cc(-c5ccccc5)cc5ccccc45)c4nn(-c5cccc(-c6cccnc6)c5)nc4c3)c3ccccc3c2)cc1. The van der Waals surface area contributed by atoms with Crippen LogP contribution >= 0.6 is 0 Å². The van der Waals surface area contributed by atoms with Gasteiger partial charge < -0.3 is 0 Å². The minimum Gasteiger partial charge on any atom is -0.264 e. The topological polar surface area (TPSA) is 43.6 Å². The first-order valence-electron chi connectivity index (χ1n) is 17.8. The Morgan fingerprint density at radius 1 is 0.358 bits per heavy atom. The highest BCUT2D eigenvalue weighted by Crippen LogP contribution is 2.42. The van der Waals surface area contributed by atoms with Gasteiger partial charge in [-0.2, -0.15) is 4.80 Å². The minimum atomic E-state index is 0.827. The Morgan fingerprint density at radius 2 is 0.943 bits per heavy atom. The molecule has 0 saturated carbocycles. The summed E-state index contributed by atoms with van der Waals surface area (Å²) in [5.74, 6) is 0. The zero-order valence-corrected chi connectivity index (χ0v) is 28.8. The predicted octanol–water partition coefficient (Wildman–Crippen LogP) is 12.5. The second-order valence-corrected chi connectivity index (χ2v) is 13.4. The molecular weight excluding hydrogens is 645 g/mol. The molecule has 4 heteroatoms. The minimum absolute atomic E-state index is 0.827. The van der Waals surface area contributed by atoms with Gasteiger partial charge in [-0.1, -0.05) is 127 Å². The molecule has 0 fully saturated rings. The van der Waals surface area contributed by atoms with Crippen LogP contribution in [0.25, 0.3) is 93.9 Å². The molecule has 0 amide bonds. The highest BCUT2D eigenvalue weighted by molar-refractivity contribution is 6.09. The lowest BCUT2D eigenvalue weighted by Gasteiger charge is -2.15. The summed E-state index contributed by atoms with van der Waals surface area (Å²) in [4.78, 5) is 6.12. The number of nitrogens with zero attached hydrogens (tertiary/aromatic N) is 4. The largest absolute Gasteiger partial charge is 0.264 e. The molecule has 0 spiro atoms. The quantitative estimate of drug-likeness (QED) is 0.176. The summed E-state index contributed by atoms with van der Waals surface area (Å²) in [6.07, 6.45) is 3.68. The third-order valence-corrected chi connectivity index (χ3v) is 10.1. The van der Waals surface area contributed by atoms with Gasteiger partial charge in [0, 0.05) is 23.5 Å². The van der Waals surface area contributed by atoms with Crippen molar-refractivity contribution in [2.45, 2.75) is 0 Å². The van der Waals surface area contributed by atoms with Crippen LogP contribution in [0.15, 0.2) is 194 Å². The molecular formula is C49H32N4. The Balaban J connectivity index is 1.26. The molecule has 8 aromatic carbocycles. The Kier molecular flexibility index (Phi) is 7.43. The molecule has 2 heterocycles. The molecule has 0 radical (unpaired) electrons. The van der Waals surface area contributed by atoms with Crippen molar-refractivity contribution in [1.29, 1.82) is 0 Å². The number of fused-ring (bicyclic) bond motifs is 3. The lowest BCUT2D eigenvalue weighted by molar-refractivity contribution is 0.766. The van der Waals surface area contributed by atoms with Gasteiger partial charge in [0.2, 0.25) is 0 Å². The molecule has 0 bridgehead atoms. The van der Waals surface area contributed by atoms with Gasteiger partial charge >= 0.3 is 0 Å². The van der Waals surface area contributed by atoms with Crippen LogP contribution in [0.3, 0.4) is 0 Å². The number of hydrogen-bond donors (Lipinski definition) is 0. The second-order valence-electron chi connectivity index (χ2n) is 13.4. The van der Waals surface area contributed by atoms with Gasteiger partial charge in [-0.25, -0.2) is 0 Å². The molecule has 0 aliphatic carbocycles. The molecule has 0 saturated heterocycles.